The molecule has 1 saturated heterocycles. The van der Waals surface area contributed by atoms with Crippen molar-refractivity contribution in [2.45, 2.75) is 64.4 Å². The van der Waals surface area contributed by atoms with Gasteiger partial charge in [0.05, 0.1) is 17.2 Å². The Kier molecular flexibility index (Phi) is 8.27. The second kappa shape index (κ2) is 11.0. The van der Waals surface area contributed by atoms with Gasteiger partial charge in [0.25, 0.3) is 0 Å². The Balaban J connectivity index is 1.81. The van der Waals surface area contributed by atoms with Crippen LogP contribution < -0.4 is 10.6 Å². The normalized spacial score (nSPS) is 25.2. The summed E-state index contributed by atoms with van der Waals surface area (Å²) in [5, 5.41) is 3.17. The van der Waals surface area contributed by atoms with Crippen molar-refractivity contribution in [3.63, 3.8) is 0 Å². The Morgan fingerprint density at radius 3 is 2.26 bits per heavy atom. The number of carbonyl (C=O) groups is 1. The highest BCUT2D eigenvalue weighted by Crippen LogP contribution is 2.75. The minimum atomic E-state index is -2.61. The highest BCUT2D eigenvalue weighted by Gasteiger charge is 2.66. The summed E-state index contributed by atoms with van der Waals surface area (Å²) in [5.74, 6) is -0.391. The first kappa shape index (κ1) is 25.5. The predicted octanol–water partition coefficient (Wildman–Crippen LogP) is 5.85. The van der Waals surface area contributed by atoms with Gasteiger partial charge in [-0.25, -0.2) is 4.79 Å². The number of hydrogen-bond donors (Lipinski definition) is 0. The van der Waals surface area contributed by atoms with Crippen LogP contribution >= 0.6 is 23.4 Å². The van der Waals surface area contributed by atoms with Gasteiger partial charge in [-0.1, -0.05) is 36.4 Å². The fourth-order valence-corrected chi connectivity index (χ4v) is 10.1. The molecule has 2 aromatic carbocycles. The maximum atomic E-state index is 13.2. The quantitative estimate of drug-likeness (QED) is 0.306. The fraction of sp³-hybridized carbons (Fsp3) is 0.444. The van der Waals surface area contributed by atoms with E-state index in [9.17, 15) is 4.79 Å². The van der Waals surface area contributed by atoms with Gasteiger partial charge < -0.3 is 14.2 Å². The van der Waals surface area contributed by atoms with Crippen LogP contribution in [0.5, 0.6) is 0 Å². The highest BCUT2D eigenvalue weighted by atomic mass is 79.9. The molecule has 2 aromatic rings. The average molecular weight is 548 g/mol. The van der Waals surface area contributed by atoms with E-state index in [4.69, 9.17) is 18.7 Å². The van der Waals surface area contributed by atoms with Crippen molar-refractivity contribution >= 4 is 40.0 Å². The molecule has 0 spiro atoms. The van der Waals surface area contributed by atoms with Gasteiger partial charge in [0.2, 0.25) is 13.1 Å². The maximum absolute atomic E-state index is 13.2. The van der Waals surface area contributed by atoms with E-state index in [1.807, 2.05) is 43.3 Å². The van der Waals surface area contributed by atoms with Crippen LogP contribution in [0.2, 0.25) is 0 Å². The Bertz CT molecular complexity index is 967. The van der Waals surface area contributed by atoms with E-state index in [0.717, 1.165) is 46.3 Å². The van der Waals surface area contributed by atoms with E-state index in [0.29, 0.717) is 6.42 Å². The summed E-state index contributed by atoms with van der Waals surface area (Å²) >= 11 is 3.82. The third-order valence-electron chi connectivity index (χ3n) is 6.28. The fourth-order valence-electron chi connectivity index (χ4n) is 4.64. The first-order valence-electron chi connectivity index (χ1n) is 12.0. The molecule has 2 aliphatic heterocycles. The predicted molar refractivity (Wildman–Crippen MR) is 140 cm³/mol. The third-order valence-corrected chi connectivity index (χ3v) is 11.7. The molecule has 3 atom stereocenters. The molecule has 34 heavy (non-hydrogen) atoms. The summed E-state index contributed by atoms with van der Waals surface area (Å²) in [6, 6.07) is 20.4. The number of ether oxygens (including phenoxy) is 3. The summed E-state index contributed by atoms with van der Waals surface area (Å²) in [6.45, 7) is 6.70. The molecule has 0 radical (unpaired) electrons. The van der Waals surface area contributed by atoms with Crippen LogP contribution in [0, 0.1) is 0 Å². The van der Waals surface area contributed by atoms with E-state index < -0.39 is 19.1 Å². The lowest BCUT2D eigenvalue weighted by Crippen LogP contribution is -2.39. The van der Waals surface area contributed by atoms with Gasteiger partial charge in [-0.2, -0.15) is 4.52 Å². The second-order valence-electron chi connectivity index (χ2n) is 8.83. The van der Waals surface area contributed by atoms with Crippen LogP contribution in [0.4, 0.5) is 0 Å². The SMILES string of the molecule is CCOC(=O)C1(C)O[P+](c2ccccc2)(c2ccccc2)C(CC(C)OC2CCCCO2)=C1Br. The minimum Gasteiger partial charge on any atom is -0.463 e. The van der Waals surface area contributed by atoms with Gasteiger partial charge in [0.15, 0.2) is 6.29 Å². The Hall–Kier alpha value is -1.56. The van der Waals surface area contributed by atoms with Crippen LogP contribution in [-0.4, -0.2) is 37.2 Å². The lowest BCUT2D eigenvalue weighted by Gasteiger charge is -2.29. The van der Waals surface area contributed by atoms with Crippen molar-refractivity contribution < 1.29 is 23.5 Å². The van der Waals surface area contributed by atoms with Gasteiger partial charge in [-0.15, -0.1) is 0 Å². The van der Waals surface area contributed by atoms with E-state index in [1.165, 1.54) is 0 Å². The molecule has 0 aliphatic carbocycles. The molecule has 0 amide bonds. The van der Waals surface area contributed by atoms with Crippen molar-refractivity contribution in [2.75, 3.05) is 13.2 Å². The smallest absolute Gasteiger partial charge is 0.348 e. The molecule has 182 valence electrons. The zero-order chi connectivity index (χ0) is 24.2. The molecule has 4 rings (SSSR count). The Morgan fingerprint density at radius 2 is 1.74 bits per heavy atom. The van der Waals surface area contributed by atoms with Gasteiger partial charge in [0, 0.05) is 13.0 Å². The first-order chi connectivity index (χ1) is 16.4. The zero-order valence-corrected chi connectivity index (χ0v) is 22.5. The molecule has 2 aliphatic rings. The van der Waals surface area contributed by atoms with E-state index in [-0.39, 0.29) is 19.0 Å². The van der Waals surface area contributed by atoms with Crippen LogP contribution in [0.15, 0.2) is 70.5 Å². The largest absolute Gasteiger partial charge is 0.463 e. The molecule has 0 aromatic heterocycles. The monoisotopic (exact) mass is 547 g/mol. The van der Waals surface area contributed by atoms with Gasteiger partial charge >= 0.3 is 5.97 Å². The first-order valence-corrected chi connectivity index (χ1v) is 14.5. The summed E-state index contributed by atoms with van der Waals surface area (Å²) in [4.78, 5) is 13.2. The number of halogens is 1. The van der Waals surface area contributed by atoms with Gasteiger partial charge in [-0.3, -0.25) is 0 Å². The van der Waals surface area contributed by atoms with Crippen molar-refractivity contribution in [2.24, 2.45) is 0 Å². The molecular weight excluding hydrogens is 515 g/mol. The topological polar surface area (TPSA) is 54.0 Å². The second-order valence-corrected chi connectivity index (χ2v) is 12.6. The van der Waals surface area contributed by atoms with Crippen LogP contribution in [-0.2, 0) is 23.5 Å². The summed E-state index contributed by atoms with van der Waals surface area (Å²) in [7, 11) is -2.61. The standard InChI is InChI=1S/C27H33BrO5P/c1-4-30-26(29)27(3)25(28)23(19-20(2)32-24-17-11-12-18-31-24)34(33-27,21-13-7-5-8-14-21)22-15-9-6-10-16-22/h5-10,13-16,20,24H,4,11-12,17-19H2,1-3H3/q+1. The van der Waals surface area contributed by atoms with Crippen molar-refractivity contribution in [3.05, 3.63) is 70.5 Å². The molecule has 0 bridgehead atoms. The van der Waals surface area contributed by atoms with Crippen molar-refractivity contribution in [3.8, 4) is 0 Å². The molecule has 7 heteroatoms. The van der Waals surface area contributed by atoms with Crippen molar-refractivity contribution in [1.29, 1.82) is 0 Å². The maximum Gasteiger partial charge on any atom is 0.348 e. The van der Waals surface area contributed by atoms with Gasteiger partial charge in [0.1, 0.15) is 15.9 Å². The lowest BCUT2D eigenvalue weighted by molar-refractivity contribution is -0.183. The molecule has 1 fully saturated rings. The molecule has 0 saturated carbocycles. The Morgan fingerprint density at radius 1 is 1.12 bits per heavy atom. The summed E-state index contributed by atoms with van der Waals surface area (Å²) in [6.07, 6.45) is 3.38. The van der Waals surface area contributed by atoms with Crippen LogP contribution in [0.1, 0.15) is 46.5 Å². The highest BCUT2D eigenvalue weighted by molar-refractivity contribution is 9.12. The average Bonchev–Trinajstić information content (AvgIpc) is 3.09. The lowest BCUT2D eigenvalue weighted by atomic mass is 10.1. The molecule has 5 nitrogen and oxygen atoms in total. The number of carbonyl (C=O) groups excluding carboxylic acids is 1. The summed E-state index contributed by atoms with van der Waals surface area (Å²) < 4.78 is 25.3. The zero-order valence-electron chi connectivity index (χ0n) is 20.0. The number of rotatable bonds is 8. The molecule has 0 N–H and O–H groups in total. The third kappa shape index (κ3) is 4.89. The van der Waals surface area contributed by atoms with Crippen LogP contribution in [0.3, 0.4) is 0 Å². The number of hydrogen-bond acceptors (Lipinski definition) is 5. The molecule has 3 unspecified atom stereocenters. The van der Waals surface area contributed by atoms with Gasteiger partial charge in [-0.05, 0) is 80.2 Å². The molecule has 2 heterocycles. The Labute approximate surface area is 211 Å². The van der Waals surface area contributed by atoms with E-state index in [1.54, 1.807) is 6.92 Å². The number of esters is 1. The van der Waals surface area contributed by atoms with E-state index >= 15 is 0 Å². The van der Waals surface area contributed by atoms with E-state index in [2.05, 4.69) is 47.1 Å². The summed E-state index contributed by atoms with van der Waals surface area (Å²) in [5.41, 5.74) is -1.24. The molecular formula is C27H33BrO5P+. The number of benzene rings is 2. The van der Waals surface area contributed by atoms with Crippen molar-refractivity contribution in [1.82, 2.24) is 0 Å². The van der Waals surface area contributed by atoms with Crippen LogP contribution in [0.25, 0.3) is 0 Å². The minimum absolute atomic E-state index is 0.120.